The number of nitrogens with zero attached hydrogens (tertiary/aromatic N) is 2. The first-order valence-corrected chi connectivity index (χ1v) is 6.87. The van der Waals surface area contributed by atoms with Crippen LogP contribution in [0.3, 0.4) is 0 Å². The predicted molar refractivity (Wildman–Crippen MR) is 68.8 cm³/mol. The molecule has 0 spiro atoms. The highest BCUT2D eigenvalue weighted by Gasteiger charge is 2.38. The molecule has 0 heterocycles. The van der Waals surface area contributed by atoms with Gasteiger partial charge in [-0.2, -0.15) is 0 Å². The van der Waals surface area contributed by atoms with Crippen LogP contribution in [0.4, 0.5) is 4.79 Å². The third kappa shape index (κ3) is 3.59. The number of aliphatic hydroxyl groups is 1. The lowest BCUT2D eigenvalue weighted by atomic mass is 10.0. The van der Waals surface area contributed by atoms with E-state index >= 15 is 0 Å². The van der Waals surface area contributed by atoms with E-state index in [9.17, 15) is 14.7 Å². The van der Waals surface area contributed by atoms with E-state index in [0.29, 0.717) is 12.8 Å². The summed E-state index contributed by atoms with van der Waals surface area (Å²) in [5.41, 5.74) is -0.789. The molecule has 108 valence electrons. The Morgan fingerprint density at radius 3 is 2.32 bits per heavy atom. The minimum absolute atomic E-state index is 0.0595. The molecule has 0 aromatic heterocycles. The molecule has 2 aliphatic carbocycles. The molecule has 0 unspecified atom stereocenters. The van der Waals surface area contributed by atoms with Crippen LogP contribution in [0.2, 0.25) is 0 Å². The first kappa shape index (κ1) is 14.1. The van der Waals surface area contributed by atoms with E-state index in [4.69, 9.17) is 5.11 Å². The normalized spacial score (nSPS) is 21.2. The van der Waals surface area contributed by atoms with E-state index in [1.165, 1.54) is 9.80 Å². The Morgan fingerprint density at radius 2 is 1.84 bits per heavy atom. The van der Waals surface area contributed by atoms with Gasteiger partial charge in [-0.1, -0.05) is 12.8 Å². The quantitative estimate of drug-likeness (QED) is 0.777. The van der Waals surface area contributed by atoms with Crippen molar-refractivity contribution in [2.75, 3.05) is 20.1 Å². The zero-order chi connectivity index (χ0) is 14.0. The Kier molecular flexibility index (Phi) is 3.99. The molecule has 2 amide bonds. The first-order valence-electron chi connectivity index (χ1n) is 6.87. The van der Waals surface area contributed by atoms with Gasteiger partial charge in [-0.25, -0.2) is 4.79 Å². The van der Waals surface area contributed by atoms with Gasteiger partial charge in [-0.05, 0) is 25.7 Å². The van der Waals surface area contributed by atoms with Crippen LogP contribution in [0, 0.1) is 0 Å². The number of carbonyl (C=O) groups is 2. The van der Waals surface area contributed by atoms with Crippen LogP contribution in [-0.2, 0) is 4.79 Å². The molecule has 2 N–H and O–H groups in total. The Labute approximate surface area is 113 Å². The Hall–Kier alpha value is -1.30. The molecule has 2 fully saturated rings. The topological polar surface area (TPSA) is 81.1 Å². The molecule has 19 heavy (non-hydrogen) atoms. The van der Waals surface area contributed by atoms with Gasteiger partial charge in [0.15, 0.2) is 0 Å². The molecule has 0 saturated heterocycles. The summed E-state index contributed by atoms with van der Waals surface area (Å²) in [4.78, 5) is 26.0. The highest BCUT2D eigenvalue weighted by Crippen LogP contribution is 2.31. The van der Waals surface area contributed by atoms with Crippen molar-refractivity contribution in [3.05, 3.63) is 0 Å². The maximum absolute atomic E-state index is 12.3. The van der Waals surface area contributed by atoms with Crippen LogP contribution in [0.5, 0.6) is 0 Å². The van der Waals surface area contributed by atoms with Gasteiger partial charge in [0.1, 0.15) is 6.54 Å². The maximum Gasteiger partial charge on any atom is 0.323 e. The maximum atomic E-state index is 12.3. The second kappa shape index (κ2) is 5.36. The van der Waals surface area contributed by atoms with Crippen molar-refractivity contribution < 1.29 is 19.8 Å². The molecule has 0 aromatic rings. The molecule has 0 aliphatic heterocycles. The number of rotatable bonds is 5. The summed E-state index contributed by atoms with van der Waals surface area (Å²) in [6.07, 6.45) is 5.15. The zero-order valence-corrected chi connectivity index (χ0v) is 11.3. The van der Waals surface area contributed by atoms with Crippen molar-refractivity contribution in [3.8, 4) is 0 Å². The van der Waals surface area contributed by atoms with E-state index in [-0.39, 0.29) is 25.2 Å². The molecule has 2 saturated carbocycles. The van der Waals surface area contributed by atoms with Gasteiger partial charge in [0.05, 0.1) is 12.1 Å². The molecule has 0 aromatic carbocycles. The molecule has 0 bridgehead atoms. The van der Waals surface area contributed by atoms with E-state index < -0.39 is 11.6 Å². The van der Waals surface area contributed by atoms with Crippen molar-refractivity contribution in [2.24, 2.45) is 0 Å². The van der Waals surface area contributed by atoms with Gasteiger partial charge in [-0.15, -0.1) is 0 Å². The second-order valence-electron chi connectivity index (χ2n) is 5.82. The molecule has 2 rings (SSSR count). The molecular weight excluding hydrogens is 248 g/mol. The van der Waals surface area contributed by atoms with Crippen LogP contribution < -0.4 is 0 Å². The van der Waals surface area contributed by atoms with Gasteiger partial charge in [0, 0.05) is 13.1 Å². The monoisotopic (exact) mass is 270 g/mol. The molecule has 6 nitrogen and oxygen atoms in total. The summed E-state index contributed by atoms with van der Waals surface area (Å²) in [6, 6.07) is -0.227. The number of amides is 2. The Bertz CT molecular complexity index is 362. The standard InChI is InChI=1S/C13H22N2O4/c1-14(9-13(19)6-2-3-7-13)12(18)15(8-11(16)17)10-4-5-10/h10,19H,2-9H2,1H3,(H,16,17). The molecule has 0 atom stereocenters. The van der Waals surface area contributed by atoms with E-state index in [1.807, 2.05) is 0 Å². The Morgan fingerprint density at radius 1 is 1.26 bits per heavy atom. The first-order chi connectivity index (χ1) is 8.91. The van der Waals surface area contributed by atoms with Crippen LogP contribution in [0.25, 0.3) is 0 Å². The number of carbonyl (C=O) groups excluding carboxylic acids is 1. The predicted octanol–water partition coefficient (Wildman–Crippen LogP) is 0.892. The smallest absolute Gasteiger partial charge is 0.323 e. The molecular formula is C13H22N2O4. The number of likely N-dealkylation sites (N-methyl/N-ethyl adjacent to an activating group) is 1. The molecule has 0 radical (unpaired) electrons. The lowest BCUT2D eigenvalue weighted by molar-refractivity contribution is -0.137. The lowest BCUT2D eigenvalue weighted by Gasteiger charge is -2.32. The number of urea groups is 1. The fourth-order valence-corrected chi connectivity index (χ4v) is 2.80. The fourth-order valence-electron chi connectivity index (χ4n) is 2.80. The number of carboxylic acid groups (broad SMARTS) is 1. The van der Waals surface area contributed by atoms with Crippen molar-refractivity contribution in [3.63, 3.8) is 0 Å². The van der Waals surface area contributed by atoms with Crippen LogP contribution in [-0.4, -0.2) is 63.8 Å². The number of hydrogen-bond donors (Lipinski definition) is 2. The van der Waals surface area contributed by atoms with Gasteiger partial charge in [-0.3, -0.25) is 4.79 Å². The summed E-state index contributed by atoms with van der Waals surface area (Å²) in [5, 5.41) is 19.2. The minimum Gasteiger partial charge on any atom is -0.480 e. The van der Waals surface area contributed by atoms with Crippen LogP contribution in [0.1, 0.15) is 38.5 Å². The fraction of sp³-hybridized carbons (Fsp3) is 0.846. The second-order valence-corrected chi connectivity index (χ2v) is 5.82. The van der Waals surface area contributed by atoms with Crippen molar-refractivity contribution in [1.29, 1.82) is 0 Å². The highest BCUT2D eigenvalue weighted by atomic mass is 16.4. The highest BCUT2D eigenvalue weighted by molar-refractivity contribution is 5.80. The van der Waals surface area contributed by atoms with Crippen LogP contribution >= 0.6 is 0 Å². The molecule has 2 aliphatic rings. The average Bonchev–Trinajstić information content (AvgIpc) is 3.08. The number of hydrogen-bond acceptors (Lipinski definition) is 3. The van der Waals surface area contributed by atoms with Crippen molar-refractivity contribution in [2.45, 2.75) is 50.2 Å². The van der Waals surface area contributed by atoms with Crippen LogP contribution in [0.15, 0.2) is 0 Å². The molecule has 6 heteroatoms. The van der Waals surface area contributed by atoms with Gasteiger partial charge in [0.2, 0.25) is 0 Å². The van der Waals surface area contributed by atoms with Crippen molar-refractivity contribution >= 4 is 12.0 Å². The summed E-state index contributed by atoms with van der Waals surface area (Å²) < 4.78 is 0. The van der Waals surface area contributed by atoms with Gasteiger partial charge >= 0.3 is 12.0 Å². The summed E-state index contributed by atoms with van der Waals surface area (Å²) >= 11 is 0. The van der Waals surface area contributed by atoms with E-state index in [0.717, 1.165) is 25.7 Å². The zero-order valence-electron chi connectivity index (χ0n) is 11.3. The number of carboxylic acids is 1. The average molecular weight is 270 g/mol. The SMILES string of the molecule is CN(CC1(O)CCCC1)C(=O)N(CC(=O)O)C1CC1. The largest absolute Gasteiger partial charge is 0.480 e. The third-order valence-corrected chi connectivity index (χ3v) is 3.93. The summed E-state index contributed by atoms with van der Waals surface area (Å²) in [6.45, 7) is 0.0287. The lowest BCUT2D eigenvalue weighted by Crippen LogP contribution is -2.49. The van der Waals surface area contributed by atoms with E-state index in [1.54, 1.807) is 7.05 Å². The van der Waals surface area contributed by atoms with Gasteiger partial charge in [0.25, 0.3) is 0 Å². The van der Waals surface area contributed by atoms with Gasteiger partial charge < -0.3 is 20.0 Å². The van der Waals surface area contributed by atoms with E-state index in [2.05, 4.69) is 0 Å². The Balaban J connectivity index is 1.94. The summed E-state index contributed by atoms with van der Waals surface area (Å²) in [5.74, 6) is -0.992. The number of aliphatic carboxylic acids is 1. The third-order valence-electron chi connectivity index (χ3n) is 3.93. The minimum atomic E-state index is -0.992. The van der Waals surface area contributed by atoms with Crippen molar-refractivity contribution in [1.82, 2.24) is 9.80 Å². The summed E-state index contributed by atoms with van der Waals surface area (Å²) in [7, 11) is 1.63.